The zero-order valence-electron chi connectivity index (χ0n) is 15.6. The van der Waals surface area contributed by atoms with Gasteiger partial charge in [0.25, 0.3) is 5.91 Å². The molecule has 0 atom stereocenters. The molecule has 1 amide bonds. The normalized spacial score (nSPS) is 14.0. The van der Waals surface area contributed by atoms with Crippen molar-refractivity contribution in [2.24, 2.45) is 0 Å². The maximum atomic E-state index is 12.0. The van der Waals surface area contributed by atoms with Crippen molar-refractivity contribution in [3.05, 3.63) is 54.1 Å². The van der Waals surface area contributed by atoms with Crippen molar-refractivity contribution in [2.75, 3.05) is 36.2 Å². The lowest BCUT2D eigenvalue weighted by Crippen LogP contribution is -2.21. The molecule has 0 spiro atoms. The average molecular weight is 402 g/mol. The highest BCUT2D eigenvalue weighted by atomic mass is 32.2. The first-order chi connectivity index (χ1) is 13.3. The van der Waals surface area contributed by atoms with Crippen molar-refractivity contribution in [3.63, 3.8) is 0 Å². The van der Waals surface area contributed by atoms with Gasteiger partial charge < -0.3 is 15.0 Å². The number of nitrogens with one attached hydrogen (secondary N) is 1. The topological polar surface area (TPSA) is 92.8 Å². The van der Waals surface area contributed by atoms with Gasteiger partial charge in [0.15, 0.2) is 16.4 Å². The Morgan fingerprint density at radius 1 is 1.00 bits per heavy atom. The van der Waals surface area contributed by atoms with Gasteiger partial charge in [0.1, 0.15) is 0 Å². The quantitative estimate of drug-likeness (QED) is 0.747. The zero-order chi connectivity index (χ0) is 20.1. The third-order valence-electron chi connectivity index (χ3n) is 4.47. The Balaban J connectivity index is 1.50. The number of hydrogen-bond donors (Lipinski definition) is 1. The maximum absolute atomic E-state index is 12.0. The molecule has 3 rings (SSSR count). The Labute approximate surface area is 164 Å². The van der Waals surface area contributed by atoms with Crippen LogP contribution in [-0.4, -0.2) is 46.2 Å². The molecule has 0 saturated carbocycles. The van der Waals surface area contributed by atoms with E-state index in [2.05, 4.69) is 10.2 Å². The minimum Gasteiger partial charge on any atom is -0.452 e. The third-order valence-corrected chi connectivity index (χ3v) is 5.60. The van der Waals surface area contributed by atoms with Gasteiger partial charge in [-0.05, 0) is 61.4 Å². The second-order valence-electron chi connectivity index (χ2n) is 6.66. The molecule has 0 bridgehead atoms. The van der Waals surface area contributed by atoms with E-state index in [0.29, 0.717) is 5.69 Å². The van der Waals surface area contributed by atoms with Gasteiger partial charge in [-0.25, -0.2) is 13.2 Å². The third kappa shape index (κ3) is 5.10. The van der Waals surface area contributed by atoms with Crippen LogP contribution in [0, 0.1) is 0 Å². The standard InChI is InChI=1S/C20H22N2O5S/c1-28(25,26)18-10-4-15(5-11-18)20(24)27-14-19(23)21-16-6-8-17(9-7-16)22-12-2-3-13-22/h4-11H,2-3,12-14H2,1H3,(H,21,23). The summed E-state index contributed by atoms with van der Waals surface area (Å²) in [4.78, 5) is 26.4. The van der Waals surface area contributed by atoms with E-state index in [1.165, 1.54) is 37.1 Å². The van der Waals surface area contributed by atoms with Crippen LogP contribution in [-0.2, 0) is 19.4 Å². The summed E-state index contributed by atoms with van der Waals surface area (Å²) in [5.41, 5.74) is 1.93. The number of ether oxygens (including phenoxy) is 1. The number of nitrogens with zero attached hydrogens (tertiary/aromatic N) is 1. The number of anilines is 2. The lowest BCUT2D eigenvalue weighted by molar-refractivity contribution is -0.119. The smallest absolute Gasteiger partial charge is 0.338 e. The summed E-state index contributed by atoms with van der Waals surface area (Å²) in [5, 5.41) is 2.68. The second-order valence-corrected chi connectivity index (χ2v) is 8.68. The minimum atomic E-state index is -3.33. The SMILES string of the molecule is CS(=O)(=O)c1ccc(C(=O)OCC(=O)Nc2ccc(N3CCCC3)cc2)cc1. The molecule has 0 aliphatic carbocycles. The van der Waals surface area contributed by atoms with E-state index in [0.717, 1.165) is 25.0 Å². The van der Waals surface area contributed by atoms with Crippen LogP contribution < -0.4 is 10.2 Å². The summed E-state index contributed by atoms with van der Waals surface area (Å²) in [7, 11) is -3.33. The van der Waals surface area contributed by atoms with Crippen molar-refractivity contribution >= 4 is 33.1 Å². The van der Waals surface area contributed by atoms with Gasteiger partial charge in [-0.3, -0.25) is 4.79 Å². The monoisotopic (exact) mass is 402 g/mol. The van der Waals surface area contributed by atoms with Crippen LogP contribution in [0.1, 0.15) is 23.2 Å². The Hall–Kier alpha value is -2.87. The van der Waals surface area contributed by atoms with Gasteiger partial charge >= 0.3 is 5.97 Å². The predicted octanol–water partition coefficient (Wildman–Crippen LogP) is 2.49. The highest BCUT2D eigenvalue weighted by molar-refractivity contribution is 7.90. The fourth-order valence-electron chi connectivity index (χ4n) is 2.98. The lowest BCUT2D eigenvalue weighted by Gasteiger charge is -2.17. The summed E-state index contributed by atoms with van der Waals surface area (Å²) in [6.45, 7) is 1.67. The van der Waals surface area contributed by atoms with Crippen LogP contribution in [0.15, 0.2) is 53.4 Å². The largest absolute Gasteiger partial charge is 0.452 e. The molecule has 148 valence electrons. The number of hydrogen-bond acceptors (Lipinski definition) is 6. The summed E-state index contributed by atoms with van der Waals surface area (Å²) in [6, 6.07) is 12.9. The van der Waals surface area contributed by atoms with E-state index < -0.39 is 28.3 Å². The molecule has 8 heteroatoms. The summed E-state index contributed by atoms with van der Waals surface area (Å²) in [5.74, 6) is -1.14. The number of carbonyl (C=O) groups excluding carboxylic acids is 2. The highest BCUT2D eigenvalue weighted by Gasteiger charge is 2.14. The van der Waals surface area contributed by atoms with Crippen LogP contribution in [0.4, 0.5) is 11.4 Å². The van der Waals surface area contributed by atoms with Crippen molar-refractivity contribution in [1.29, 1.82) is 0 Å². The van der Waals surface area contributed by atoms with Gasteiger partial charge in [0.05, 0.1) is 10.5 Å². The molecule has 0 radical (unpaired) electrons. The molecule has 1 aliphatic heterocycles. The number of sulfone groups is 1. The Morgan fingerprint density at radius 3 is 2.18 bits per heavy atom. The van der Waals surface area contributed by atoms with Crippen molar-refractivity contribution in [3.8, 4) is 0 Å². The van der Waals surface area contributed by atoms with Crippen LogP contribution in [0.5, 0.6) is 0 Å². The van der Waals surface area contributed by atoms with Gasteiger partial charge in [0.2, 0.25) is 0 Å². The molecule has 0 unspecified atom stereocenters. The van der Waals surface area contributed by atoms with Crippen LogP contribution >= 0.6 is 0 Å². The Morgan fingerprint density at radius 2 is 1.61 bits per heavy atom. The molecule has 28 heavy (non-hydrogen) atoms. The first-order valence-corrected chi connectivity index (χ1v) is 10.8. The van der Waals surface area contributed by atoms with E-state index in [9.17, 15) is 18.0 Å². The number of rotatable bonds is 6. The first-order valence-electron chi connectivity index (χ1n) is 8.95. The second kappa shape index (κ2) is 8.43. The molecule has 0 aromatic heterocycles. The van der Waals surface area contributed by atoms with Crippen LogP contribution in [0.3, 0.4) is 0 Å². The summed E-state index contributed by atoms with van der Waals surface area (Å²) in [6.07, 6.45) is 3.48. The molecule has 1 heterocycles. The fraction of sp³-hybridized carbons (Fsp3) is 0.300. The summed E-state index contributed by atoms with van der Waals surface area (Å²) < 4.78 is 27.8. The fourth-order valence-corrected chi connectivity index (χ4v) is 3.61. The van der Waals surface area contributed by atoms with Crippen LogP contribution in [0.2, 0.25) is 0 Å². The van der Waals surface area contributed by atoms with Crippen molar-refractivity contribution in [1.82, 2.24) is 0 Å². The van der Waals surface area contributed by atoms with E-state index in [-0.39, 0.29) is 10.5 Å². The number of carbonyl (C=O) groups is 2. The van der Waals surface area contributed by atoms with Crippen molar-refractivity contribution < 1.29 is 22.7 Å². The van der Waals surface area contributed by atoms with Crippen molar-refractivity contribution in [2.45, 2.75) is 17.7 Å². The first kappa shape index (κ1) is 19.9. The highest BCUT2D eigenvalue weighted by Crippen LogP contribution is 2.22. The molecule has 1 saturated heterocycles. The van der Waals surface area contributed by atoms with Gasteiger partial charge in [-0.1, -0.05) is 0 Å². The molecule has 2 aromatic rings. The Bertz CT molecular complexity index is 947. The van der Waals surface area contributed by atoms with Gasteiger partial charge in [0, 0.05) is 30.7 Å². The molecule has 7 nitrogen and oxygen atoms in total. The molecular weight excluding hydrogens is 380 g/mol. The number of esters is 1. The molecule has 1 aliphatic rings. The van der Waals surface area contributed by atoms with E-state index >= 15 is 0 Å². The minimum absolute atomic E-state index is 0.110. The predicted molar refractivity (Wildman–Crippen MR) is 106 cm³/mol. The molecular formula is C20H22N2O5S. The van der Waals surface area contributed by atoms with E-state index in [1.54, 1.807) is 0 Å². The van der Waals surface area contributed by atoms with Gasteiger partial charge in [-0.15, -0.1) is 0 Å². The number of benzene rings is 2. The number of amides is 1. The molecule has 2 aromatic carbocycles. The van der Waals surface area contributed by atoms with Gasteiger partial charge in [-0.2, -0.15) is 0 Å². The molecule has 1 fully saturated rings. The summed E-state index contributed by atoms with van der Waals surface area (Å²) >= 11 is 0. The Kier molecular flexibility index (Phi) is 5.99. The van der Waals surface area contributed by atoms with E-state index in [4.69, 9.17) is 4.74 Å². The maximum Gasteiger partial charge on any atom is 0.338 e. The zero-order valence-corrected chi connectivity index (χ0v) is 16.4. The lowest BCUT2D eigenvalue weighted by atomic mass is 10.2. The average Bonchev–Trinajstić information content (AvgIpc) is 3.21. The van der Waals surface area contributed by atoms with E-state index in [1.807, 2.05) is 24.3 Å². The molecule has 1 N–H and O–H groups in total. The van der Waals surface area contributed by atoms with Crippen LogP contribution in [0.25, 0.3) is 0 Å².